The maximum atomic E-state index is 5.02. The minimum absolute atomic E-state index is 0.539. The number of thiol groups is 1. The van der Waals surface area contributed by atoms with E-state index in [4.69, 9.17) is 12.2 Å². The maximum absolute atomic E-state index is 5.02. The quantitative estimate of drug-likeness (QED) is 0.424. The predicted molar refractivity (Wildman–Crippen MR) is 64.4 cm³/mol. The van der Waals surface area contributed by atoms with E-state index in [2.05, 4.69) is 35.9 Å². The smallest absolute Gasteiger partial charge is 0.133 e. The number of hydrogen-bond acceptors (Lipinski definition) is 2. The van der Waals surface area contributed by atoms with Crippen molar-refractivity contribution < 1.29 is 0 Å². The second kappa shape index (κ2) is 4.98. The van der Waals surface area contributed by atoms with Crippen molar-refractivity contribution in [1.82, 2.24) is 9.80 Å². The molecular weight excluding hydrogens is 200 g/mol. The van der Waals surface area contributed by atoms with Gasteiger partial charge in [-0.2, -0.15) is 0 Å². The average Bonchev–Trinajstić information content (AvgIpc) is 2.08. The van der Waals surface area contributed by atoms with E-state index >= 15 is 0 Å². The predicted octanol–water partition coefficient (Wildman–Crippen LogP) is 1.39. The molecule has 1 aliphatic rings. The molecule has 0 N–H and O–H groups in total. The van der Waals surface area contributed by atoms with Gasteiger partial charge in [-0.3, -0.25) is 4.90 Å². The van der Waals surface area contributed by atoms with Crippen LogP contribution >= 0.6 is 24.8 Å². The van der Waals surface area contributed by atoms with Gasteiger partial charge in [0.25, 0.3) is 0 Å². The fourth-order valence-corrected chi connectivity index (χ4v) is 1.95. The van der Waals surface area contributed by atoms with Gasteiger partial charge in [-0.25, -0.2) is 0 Å². The van der Waals surface area contributed by atoms with Crippen LogP contribution in [-0.2, 0) is 0 Å². The molecule has 0 aromatic carbocycles. The Morgan fingerprint density at radius 3 is 2.85 bits per heavy atom. The molecule has 0 saturated carbocycles. The van der Waals surface area contributed by atoms with Gasteiger partial charge in [0.2, 0.25) is 0 Å². The largest absolute Gasteiger partial charge is 0.355 e. The minimum atomic E-state index is 0.539. The Balaban J connectivity index is 2.46. The lowest BCUT2D eigenvalue weighted by Crippen LogP contribution is -2.52. The Hall–Kier alpha value is -0.0600. The zero-order valence-electron chi connectivity index (χ0n) is 7.94. The Morgan fingerprint density at radius 1 is 1.69 bits per heavy atom. The molecule has 0 aliphatic carbocycles. The van der Waals surface area contributed by atoms with Gasteiger partial charge in [0.05, 0.1) is 0 Å². The lowest BCUT2D eigenvalue weighted by Gasteiger charge is -2.39. The second-order valence-corrected chi connectivity index (χ2v) is 4.47. The molecule has 1 unspecified atom stereocenters. The van der Waals surface area contributed by atoms with Gasteiger partial charge in [0, 0.05) is 32.2 Å². The summed E-state index contributed by atoms with van der Waals surface area (Å²) >= 11 is 9.21. The van der Waals surface area contributed by atoms with Crippen LogP contribution in [0.25, 0.3) is 0 Å². The molecule has 1 saturated heterocycles. The van der Waals surface area contributed by atoms with E-state index in [1.807, 2.05) is 6.08 Å². The van der Waals surface area contributed by atoms with E-state index in [-0.39, 0.29) is 0 Å². The number of rotatable bonds is 2. The van der Waals surface area contributed by atoms with E-state index in [0.29, 0.717) is 10.4 Å². The lowest BCUT2D eigenvalue weighted by atomic mass is 10.2. The first-order valence-electron chi connectivity index (χ1n) is 4.48. The van der Waals surface area contributed by atoms with Gasteiger partial charge in [0.15, 0.2) is 0 Å². The first-order chi connectivity index (χ1) is 6.15. The van der Waals surface area contributed by atoms with Crippen LogP contribution in [0.3, 0.4) is 0 Å². The second-order valence-electron chi connectivity index (χ2n) is 3.36. The maximum Gasteiger partial charge on any atom is 0.133 e. The fourth-order valence-electron chi connectivity index (χ4n) is 1.61. The highest BCUT2D eigenvalue weighted by Crippen LogP contribution is 2.10. The van der Waals surface area contributed by atoms with Crippen molar-refractivity contribution in [1.29, 1.82) is 0 Å². The highest BCUT2D eigenvalue weighted by molar-refractivity contribution is 8.10. The molecule has 0 spiro atoms. The van der Waals surface area contributed by atoms with E-state index < -0.39 is 0 Å². The third-order valence-electron chi connectivity index (χ3n) is 2.40. The molecule has 0 aromatic heterocycles. The Bertz CT molecular complexity index is 206. The Labute approximate surface area is 91.0 Å². The van der Waals surface area contributed by atoms with Gasteiger partial charge in [-0.15, -0.1) is 19.2 Å². The molecule has 1 atom stereocenters. The van der Waals surface area contributed by atoms with Crippen molar-refractivity contribution in [3.05, 3.63) is 12.7 Å². The fraction of sp³-hybridized carbons (Fsp3) is 0.667. The summed E-state index contributed by atoms with van der Waals surface area (Å²) in [7, 11) is 0. The molecule has 1 fully saturated rings. The van der Waals surface area contributed by atoms with Gasteiger partial charge >= 0.3 is 0 Å². The molecule has 2 nitrogen and oxygen atoms in total. The normalized spacial score (nSPS) is 24.5. The van der Waals surface area contributed by atoms with Crippen molar-refractivity contribution in [2.45, 2.75) is 13.0 Å². The van der Waals surface area contributed by atoms with Crippen LogP contribution in [-0.4, -0.2) is 46.3 Å². The monoisotopic (exact) mass is 216 g/mol. The van der Waals surface area contributed by atoms with Crippen molar-refractivity contribution >= 4 is 29.2 Å². The molecule has 13 heavy (non-hydrogen) atoms. The number of piperazine rings is 1. The zero-order chi connectivity index (χ0) is 9.84. The summed E-state index contributed by atoms with van der Waals surface area (Å²) < 4.78 is 0.713. The summed E-state index contributed by atoms with van der Waals surface area (Å²) in [5.74, 6) is 0. The van der Waals surface area contributed by atoms with Crippen LogP contribution in [0.15, 0.2) is 12.7 Å². The topological polar surface area (TPSA) is 6.48 Å². The molecule has 1 aliphatic heterocycles. The zero-order valence-corrected chi connectivity index (χ0v) is 9.65. The number of hydrogen-bond donors (Lipinski definition) is 1. The van der Waals surface area contributed by atoms with Gasteiger partial charge in [-0.1, -0.05) is 18.3 Å². The minimum Gasteiger partial charge on any atom is -0.355 e. The summed E-state index contributed by atoms with van der Waals surface area (Å²) in [4.78, 5) is 4.54. The third kappa shape index (κ3) is 2.97. The highest BCUT2D eigenvalue weighted by atomic mass is 32.1. The van der Waals surface area contributed by atoms with Gasteiger partial charge in [0.1, 0.15) is 4.32 Å². The summed E-state index contributed by atoms with van der Waals surface area (Å²) in [6.07, 6.45) is 1.95. The van der Waals surface area contributed by atoms with Crippen molar-refractivity contribution in [2.75, 3.05) is 26.2 Å². The van der Waals surface area contributed by atoms with E-state index in [9.17, 15) is 0 Å². The molecule has 0 amide bonds. The van der Waals surface area contributed by atoms with Gasteiger partial charge < -0.3 is 4.90 Å². The van der Waals surface area contributed by atoms with E-state index in [0.717, 1.165) is 26.2 Å². The average molecular weight is 216 g/mol. The summed E-state index contributed by atoms with van der Waals surface area (Å²) in [5, 5.41) is 0. The van der Waals surface area contributed by atoms with Crippen LogP contribution in [0.4, 0.5) is 0 Å². The molecule has 74 valence electrons. The van der Waals surface area contributed by atoms with Crippen LogP contribution in [0.5, 0.6) is 0 Å². The number of nitrogens with zero attached hydrogens (tertiary/aromatic N) is 2. The van der Waals surface area contributed by atoms with E-state index in [1.54, 1.807) is 0 Å². The number of thiocarbonyl (C=S) groups is 1. The van der Waals surface area contributed by atoms with Crippen molar-refractivity contribution in [3.8, 4) is 0 Å². The van der Waals surface area contributed by atoms with Crippen LogP contribution in [0, 0.1) is 0 Å². The molecule has 1 heterocycles. The molecular formula is C9H16N2S2. The molecule has 0 radical (unpaired) electrons. The highest BCUT2D eigenvalue weighted by Gasteiger charge is 2.22. The van der Waals surface area contributed by atoms with Crippen LogP contribution in [0.1, 0.15) is 6.92 Å². The van der Waals surface area contributed by atoms with Gasteiger partial charge in [-0.05, 0) is 6.92 Å². The molecule has 1 rings (SSSR count). The summed E-state index contributed by atoms with van der Waals surface area (Å²) in [6.45, 7) is 9.94. The van der Waals surface area contributed by atoms with Crippen LogP contribution < -0.4 is 0 Å². The SMILES string of the molecule is C=CCN1CCN(C(=S)S)CC1C. The standard InChI is InChI=1S/C9H16N2S2/c1-3-4-10-5-6-11(9(12)13)7-8(10)2/h3,8H,1,4-7H2,2H3,(H,12,13). The Morgan fingerprint density at radius 2 is 2.38 bits per heavy atom. The van der Waals surface area contributed by atoms with Crippen molar-refractivity contribution in [2.24, 2.45) is 0 Å². The lowest BCUT2D eigenvalue weighted by molar-refractivity contribution is 0.140. The first kappa shape index (κ1) is 11.0. The van der Waals surface area contributed by atoms with Crippen LogP contribution in [0.2, 0.25) is 0 Å². The summed E-state index contributed by atoms with van der Waals surface area (Å²) in [5.41, 5.74) is 0. The first-order valence-corrected chi connectivity index (χ1v) is 5.33. The molecule has 0 aromatic rings. The Kier molecular flexibility index (Phi) is 4.22. The van der Waals surface area contributed by atoms with E-state index in [1.165, 1.54) is 0 Å². The van der Waals surface area contributed by atoms with Crippen molar-refractivity contribution in [3.63, 3.8) is 0 Å². The molecule has 4 heteroatoms. The summed E-state index contributed by atoms with van der Waals surface area (Å²) in [6, 6.07) is 0.539. The third-order valence-corrected chi connectivity index (χ3v) is 2.94. The molecule has 0 bridgehead atoms.